The molecule has 0 aliphatic carbocycles. The maximum Gasteiger partial charge on any atom is 0.222 e. The fourth-order valence-corrected chi connectivity index (χ4v) is 8.36. The summed E-state index contributed by atoms with van der Waals surface area (Å²) >= 11 is 0. The average molecular weight is 811 g/mol. The lowest BCUT2D eigenvalue weighted by molar-refractivity contribution is -0.130. The molecule has 4 amide bonds. The van der Waals surface area contributed by atoms with Crippen LogP contribution >= 0.6 is 43.2 Å². The predicted octanol–water partition coefficient (Wildman–Crippen LogP) is 4.86. The Labute approximate surface area is 329 Å². The van der Waals surface area contributed by atoms with Gasteiger partial charge >= 0.3 is 0 Å². The number of carbonyl (C=O) groups is 5. The lowest BCUT2D eigenvalue weighted by atomic mass is 9.95. The predicted molar refractivity (Wildman–Crippen MR) is 214 cm³/mol. The molecule has 0 saturated heterocycles. The van der Waals surface area contributed by atoms with Crippen molar-refractivity contribution in [1.29, 1.82) is 0 Å². The summed E-state index contributed by atoms with van der Waals surface area (Å²) in [5.74, 6) is -0.117. The summed E-state index contributed by atoms with van der Waals surface area (Å²) in [4.78, 5) is 69.1. The SMILES string of the molecule is C[C@@H](CCCCNC(=O)CCSSc1ccccn1)C(=O)NCCOCCOCC(=O)C[C@@H](CCCCNC(=O)CCSSc1ccccn1)C(N)=O. The molecule has 0 aliphatic heterocycles. The number of aromatic nitrogens is 2. The fraction of sp³-hybridized carbons (Fsp3) is 0.583. The van der Waals surface area contributed by atoms with E-state index >= 15 is 0 Å². The van der Waals surface area contributed by atoms with Gasteiger partial charge in [-0.05, 0) is 71.5 Å². The number of Topliss-reactive ketones (excluding diaryl/α,β-unsaturated/α-hetero) is 1. The lowest BCUT2D eigenvalue weighted by Gasteiger charge is -2.13. The Hall–Kier alpha value is -2.83. The van der Waals surface area contributed by atoms with Crippen LogP contribution in [0.15, 0.2) is 58.8 Å². The van der Waals surface area contributed by atoms with Gasteiger partial charge in [-0.2, -0.15) is 0 Å². The Morgan fingerprint density at radius 2 is 1.28 bits per heavy atom. The molecule has 2 aromatic rings. The van der Waals surface area contributed by atoms with Gasteiger partial charge in [-0.25, -0.2) is 9.97 Å². The summed E-state index contributed by atoms with van der Waals surface area (Å²) in [7, 11) is 6.28. The molecule has 0 fully saturated rings. The Bertz CT molecular complexity index is 1330. The van der Waals surface area contributed by atoms with Gasteiger partial charge in [0.2, 0.25) is 23.6 Å². The lowest BCUT2D eigenvalue weighted by Crippen LogP contribution is -2.32. The van der Waals surface area contributed by atoms with Gasteiger partial charge in [0, 0.05) is 74.6 Å². The van der Waals surface area contributed by atoms with Crippen LogP contribution in [0.25, 0.3) is 0 Å². The summed E-state index contributed by atoms with van der Waals surface area (Å²) < 4.78 is 10.9. The van der Waals surface area contributed by atoms with Crippen molar-refractivity contribution in [3.05, 3.63) is 48.8 Å². The molecular weight excluding hydrogens is 757 g/mol. The third kappa shape index (κ3) is 25.0. The zero-order valence-corrected chi connectivity index (χ0v) is 33.7. The minimum absolute atomic E-state index is 0.0128. The van der Waals surface area contributed by atoms with Crippen molar-refractivity contribution in [2.75, 3.05) is 57.6 Å². The standard InChI is InChI=1S/C36H54N6O7S4/c1-28(10-2-6-16-38-31(44)14-24-50-52-33-12-4-8-18-40-33)36(47)42-20-21-48-22-23-49-27-30(43)26-29(35(37)46)11-3-7-17-39-32(45)15-25-51-53-34-13-5-9-19-41-34/h4-5,8-9,12-13,18-19,28-29H,2-3,6-7,10-11,14-17,20-27H2,1H3,(H2,37,46)(H,38,44)(H,39,45)(H,42,47)/t28-,29+/m0/s1. The molecule has 5 N–H and O–H groups in total. The molecule has 0 radical (unpaired) electrons. The van der Waals surface area contributed by atoms with Crippen LogP contribution in [0.5, 0.6) is 0 Å². The molecule has 53 heavy (non-hydrogen) atoms. The van der Waals surface area contributed by atoms with Crippen LogP contribution in [0.3, 0.4) is 0 Å². The second kappa shape index (κ2) is 30.5. The number of ether oxygens (including phenoxy) is 2. The normalized spacial score (nSPS) is 12.1. The maximum atomic E-state index is 12.4. The van der Waals surface area contributed by atoms with E-state index in [2.05, 4.69) is 25.9 Å². The Balaban J connectivity index is 1.38. The molecule has 294 valence electrons. The number of nitrogens with one attached hydrogen (secondary N) is 3. The number of unbranched alkanes of at least 4 members (excludes halogenated alkanes) is 2. The highest BCUT2D eigenvalue weighted by Crippen LogP contribution is 2.30. The molecule has 2 aromatic heterocycles. The third-order valence-electron chi connectivity index (χ3n) is 7.58. The Morgan fingerprint density at radius 1 is 0.717 bits per heavy atom. The first-order chi connectivity index (χ1) is 25.7. The van der Waals surface area contributed by atoms with E-state index in [1.165, 1.54) is 10.8 Å². The monoisotopic (exact) mass is 810 g/mol. The van der Waals surface area contributed by atoms with Crippen molar-refractivity contribution in [3.63, 3.8) is 0 Å². The number of hydrogen-bond donors (Lipinski definition) is 4. The highest BCUT2D eigenvalue weighted by molar-refractivity contribution is 8.77. The molecule has 13 nitrogen and oxygen atoms in total. The zero-order valence-electron chi connectivity index (χ0n) is 30.5. The maximum absolute atomic E-state index is 12.4. The first kappa shape index (κ1) is 46.3. The quantitative estimate of drug-likeness (QED) is 0.0580. The van der Waals surface area contributed by atoms with Crippen LogP contribution in [-0.4, -0.2) is 96.9 Å². The zero-order chi connectivity index (χ0) is 38.4. The molecule has 0 saturated carbocycles. The molecule has 0 aromatic carbocycles. The van der Waals surface area contributed by atoms with E-state index in [4.69, 9.17) is 15.2 Å². The van der Waals surface area contributed by atoms with Crippen LogP contribution in [0, 0.1) is 11.8 Å². The summed E-state index contributed by atoms with van der Waals surface area (Å²) in [5.41, 5.74) is 5.52. The molecule has 2 heterocycles. The summed E-state index contributed by atoms with van der Waals surface area (Å²) in [6.07, 6.45) is 8.52. The van der Waals surface area contributed by atoms with Crippen LogP contribution in [0.4, 0.5) is 0 Å². The van der Waals surface area contributed by atoms with Gasteiger partial charge in [-0.3, -0.25) is 24.0 Å². The highest BCUT2D eigenvalue weighted by atomic mass is 33.1. The van der Waals surface area contributed by atoms with Crippen molar-refractivity contribution < 1.29 is 33.4 Å². The van der Waals surface area contributed by atoms with Crippen LogP contribution < -0.4 is 21.7 Å². The van der Waals surface area contributed by atoms with Crippen LogP contribution in [0.1, 0.15) is 64.7 Å². The van der Waals surface area contributed by atoms with Gasteiger partial charge in [0.1, 0.15) is 16.7 Å². The Kier molecular flexibility index (Phi) is 26.7. The van der Waals surface area contributed by atoms with E-state index in [-0.39, 0.29) is 55.7 Å². The molecule has 0 unspecified atom stereocenters. The Morgan fingerprint density at radius 3 is 1.83 bits per heavy atom. The second-order valence-electron chi connectivity index (χ2n) is 12.0. The number of rotatable bonds is 32. The number of nitrogens with two attached hydrogens (primary N) is 1. The number of carbonyl (C=O) groups excluding carboxylic acids is 5. The molecule has 0 aliphatic rings. The van der Waals surface area contributed by atoms with Crippen molar-refractivity contribution in [3.8, 4) is 0 Å². The number of primary amides is 1. The highest BCUT2D eigenvalue weighted by Gasteiger charge is 2.19. The van der Waals surface area contributed by atoms with Crippen molar-refractivity contribution in [2.24, 2.45) is 17.6 Å². The van der Waals surface area contributed by atoms with Crippen molar-refractivity contribution >= 4 is 72.6 Å². The average Bonchev–Trinajstić information content (AvgIpc) is 3.16. The molecular formula is C36H54N6O7S4. The summed E-state index contributed by atoms with van der Waals surface area (Å²) in [6.45, 7) is 3.98. The summed E-state index contributed by atoms with van der Waals surface area (Å²) in [6, 6.07) is 11.5. The van der Waals surface area contributed by atoms with Gasteiger partial charge in [0.25, 0.3) is 0 Å². The van der Waals surface area contributed by atoms with Gasteiger partial charge in [0.15, 0.2) is 5.78 Å². The third-order valence-corrected chi connectivity index (χ3v) is 12.1. The van der Waals surface area contributed by atoms with E-state index in [0.29, 0.717) is 69.9 Å². The minimum Gasteiger partial charge on any atom is -0.377 e. The number of ketones is 1. The van der Waals surface area contributed by atoms with E-state index in [1.54, 1.807) is 44.8 Å². The largest absolute Gasteiger partial charge is 0.377 e. The fourth-order valence-electron chi connectivity index (χ4n) is 4.63. The number of pyridine rings is 2. The van der Waals surface area contributed by atoms with Gasteiger partial charge in [0.05, 0.1) is 19.8 Å². The van der Waals surface area contributed by atoms with Crippen molar-refractivity contribution in [1.82, 2.24) is 25.9 Å². The van der Waals surface area contributed by atoms with E-state index in [9.17, 15) is 24.0 Å². The van der Waals surface area contributed by atoms with Gasteiger partial charge < -0.3 is 31.2 Å². The van der Waals surface area contributed by atoms with Crippen LogP contribution in [0.2, 0.25) is 0 Å². The number of nitrogens with zero attached hydrogens (tertiary/aromatic N) is 2. The molecule has 0 spiro atoms. The van der Waals surface area contributed by atoms with Gasteiger partial charge in [-0.1, -0.05) is 53.5 Å². The number of amides is 4. The molecule has 17 heteroatoms. The topological polar surface area (TPSA) is 192 Å². The van der Waals surface area contributed by atoms with Gasteiger partial charge in [-0.15, -0.1) is 0 Å². The van der Waals surface area contributed by atoms with E-state index < -0.39 is 11.8 Å². The summed E-state index contributed by atoms with van der Waals surface area (Å²) in [5, 5.41) is 10.5. The second-order valence-corrected chi connectivity index (χ2v) is 16.9. The smallest absolute Gasteiger partial charge is 0.222 e. The minimum atomic E-state index is -0.577. The van der Waals surface area contributed by atoms with E-state index in [1.807, 2.05) is 43.3 Å². The molecule has 0 bridgehead atoms. The van der Waals surface area contributed by atoms with Crippen LogP contribution in [-0.2, 0) is 33.4 Å². The van der Waals surface area contributed by atoms with Crippen molar-refractivity contribution in [2.45, 2.75) is 74.8 Å². The molecule has 2 rings (SSSR count). The van der Waals surface area contributed by atoms with E-state index in [0.717, 1.165) is 29.3 Å². The number of hydrogen-bond acceptors (Lipinski definition) is 13. The first-order valence-electron chi connectivity index (χ1n) is 17.9. The first-order valence-corrected chi connectivity index (χ1v) is 22.6. The molecule has 2 atom stereocenters.